The van der Waals surface area contributed by atoms with Crippen LogP contribution in [0.2, 0.25) is 0 Å². The average molecular weight is 380 g/mol. The van der Waals surface area contributed by atoms with Crippen molar-refractivity contribution in [1.82, 2.24) is 10.2 Å². The summed E-state index contributed by atoms with van der Waals surface area (Å²) in [6, 6.07) is 15.3. The highest BCUT2D eigenvalue weighted by Crippen LogP contribution is 2.30. The Labute approximate surface area is 167 Å². The van der Waals surface area contributed by atoms with Gasteiger partial charge in [-0.1, -0.05) is 44.2 Å². The predicted molar refractivity (Wildman–Crippen MR) is 112 cm³/mol. The third kappa shape index (κ3) is 5.42. The highest BCUT2D eigenvalue weighted by molar-refractivity contribution is 5.98. The topological polar surface area (TPSA) is 61.4 Å². The molecule has 0 atom stereocenters. The number of rotatable bonds is 9. The molecule has 1 fully saturated rings. The molecule has 5 nitrogen and oxygen atoms in total. The summed E-state index contributed by atoms with van der Waals surface area (Å²) < 4.78 is 0. The van der Waals surface area contributed by atoms with Gasteiger partial charge in [0.15, 0.2) is 0 Å². The molecule has 2 amide bonds. The van der Waals surface area contributed by atoms with Crippen LogP contribution in [-0.4, -0.2) is 29.8 Å². The van der Waals surface area contributed by atoms with Gasteiger partial charge in [0.25, 0.3) is 5.91 Å². The first-order valence-corrected chi connectivity index (χ1v) is 10.1. The van der Waals surface area contributed by atoms with Crippen LogP contribution in [0.4, 0.5) is 5.69 Å². The fourth-order valence-corrected chi connectivity index (χ4v) is 3.18. The second-order valence-corrected chi connectivity index (χ2v) is 7.26. The Hall–Kier alpha value is -2.66. The van der Waals surface area contributed by atoms with E-state index in [0.29, 0.717) is 17.8 Å². The molecule has 28 heavy (non-hydrogen) atoms. The van der Waals surface area contributed by atoms with E-state index in [-0.39, 0.29) is 17.7 Å². The van der Waals surface area contributed by atoms with Crippen molar-refractivity contribution < 1.29 is 9.59 Å². The van der Waals surface area contributed by atoms with E-state index in [4.69, 9.17) is 0 Å². The summed E-state index contributed by atoms with van der Waals surface area (Å²) in [6.45, 7) is 7.66. The number of nitrogens with zero attached hydrogens (tertiary/aromatic N) is 1. The van der Waals surface area contributed by atoms with Crippen molar-refractivity contribution in [2.75, 3.05) is 18.4 Å². The van der Waals surface area contributed by atoms with Crippen LogP contribution < -0.4 is 10.6 Å². The van der Waals surface area contributed by atoms with Crippen molar-refractivity contribution in [2.24, 2.45) is 5.92 Å². The first-order chi connectivity index (χ1) is 13.6. The second-order valence-electron chi connectivity index (χ2n) is 7.26. The third-order valence-corrected chi connectivity index (χ3v) is 5.19. The highest BCUT2D eigenvalue weighted by atomic mass is 16.2. The lowest BCUT2D eigenvalue weighted by Crippen LogP contribution is -2.26. The van der Waals surface area contributed by atoms with Gasteiger partial charge in [0.05, 0.1) is 0 Å². The molecule has 0 radical (unpaired) electrons. The van der Waals surface area contributed by atoms with Gasteiger partial charge in [-0.15, -0.1) is 0 Å². The number of hydrogen-bond donors (Lipinski definition) is 2. The molecule has 0 aliphatic heterocycles. The number of anilines is 1. The van der Waals surface area contributed by atoms with E-state index in [1.54, 1.807) is 18.2 Å². The van der Waals surface area contributed by atoms with Gasteiger partial charge in [0.1, 0.15) is 0 Å². The Bertz CT molecular complexity index is 826. The summed E-state index contributed by atoms with van der Waals surface area (Å²) in [6.07, 6.45) is 1.91. The van der Waals surface area contributed by atoms with Crippen LogP contribution in [0, 0.1) is 5.92 Å². The summed E-state index contributed by atoms with van der Waals surface area (Å²) >= 11 is 0. The third-order valence-electron chi connectivity index (χ3n) is 5.19. The van der Waals surface area contributed by atoms with E-state index < -0.39 is 0 Å². The molecule has 2 N–H and O–H groups in total. The molecule has 2 aromatic carbocycles. The predicted octanol–water partition coefficient (Wildman–Crippen LogP) is 3.81. The average Bonchev–Trinajstić information content (AvgIpc) is 3.56. The van der Waals surface area contributed by atoms with Crippen LogP contribution in [0.25, 0.3) is 0 Å². The van der Waals surface area contributed by atoms with E-state index in [2.05, 4.69) is 41.5 Å². The Morgan fingerprint density at radius 3 is 2.39 bits per heavy atom. The van der Waals surface area contributed by atoms with Crippen LogP contribution in [0.1, 0.15) is 48.2 Å². The van der Waals surface area contributed by atoms with E-state index in [9.17, 15) is 9.59 Å². The SMILES string of the molecule is CCN(CC)Cc1ccccc1CNC(=O)c1cccc(NC(=O)C2CC2)c1. The van der Waals surface area contributed by atoms with Crippen LogP contribution in [-0.2, 0) is 17.9 Å². The molecule has 2 aromatic rings. The number of amides is 2. The minimum atomic E-state index is -0.139. The van der Waals surface area contributed by atoms with Crippen LogP contribution in [0.5, 0.6) is 0 Å². The highest BCUT2D eigenvalue weighted by Gasteiger charge is 2.29. The summed E-state index contributed by atoms with van der Waals surface area (Å²) in [5.74, 6) is 0.0443. The molecule has 1 aliphatic rings. The number of nitrogens with one attached hydrogen (secondary N) is 2. The minimum Gasteiger partial charge on any atom is -0.348 e. The number of benzene rings is 2. The molecule has 5 heteroatoms. The molecular formula is C23H29N3O2. The Morgan fingerprint density at radius 2 is 1.71 bits per heavy atom. The van der Waals surface area contributed by atoms with Gasteiger partial charge >= 0.3 is 0 Å². The maximum Gasteiger partial charge on any atom is 0.251 e. The maximum atomic E-state index is 12.6. The van der Waals surface area contributed by atoms with Crippen molar-refractivity contribution in [3.63, 3.8) is 0 Å². The summed E-state index contributed by atoms with van der Waals surface area (Å²) in [5, 5.41) is 5.90. The standard InChI is InChI=1S/C23H29N3O2/c1-3-26(4-2)16-20-9-6-5-8-19(20)15-24-22(27)18-10-7-11-21(14-18)25-23(28)17-12-13-17/h5-11,14,17H,3-4,12-13,15-16H2,1-2H3,(H,24,27)(H,25,28). The first kappa shape index (κ1) is 20.1. The molecule has 0 bridgehead atoms. The van der Waals surface area contributed by atoms with Crippen LogP contribution >= 0.6 is 0 Å². The van der Waals surface area contributed by atoms with Gasteiger partial charge in [0, 0.05) is 30.3 Å². The van der Waals surface area contributed by atoms with Crippen molar-refractivity contribution in [2.45, 2.75) is 39.8 Å². The van der Waals surface area contributed by atoms with Gasteiger partial charge in [-0.05, 0) is 55.3 Å². The molecule has 1 saturated carbocycles. The minimum absolute atomic E-state index is 0.0443. The molecule has 0 heterocycles. The zero-order valence-corrected chi connectivity index (χ0v) is 16.7. The molecule has 3 rings (SSSR count). The van der Waals surface area contributed by atoms with Crippen molar-refractivity contribution >= 4 is 17.5 Å². The van der Waals surface area contributed by atoms with Gasteiger partial charge in [-0.3, -0.25) is 14.5 Å². The quantitative estimate of drug-likeness (QED) is 0.696. The Kier molecular flexibility index (Phi) is 6.82. The number of carbonyl (C=O) groups excluding carboxylic acids is 2. The lowest BCUT2D eigenvalue weighted by atomic mass is 10.1. The maximum absolute atomic E-state index is 12.6. The molecule has 148 valence electrons. The number of carbonyl (C=O) groups is 2. The van der Waals surface area contributed by atoms with Crippen LogP contribution in [0.15, 0.2) is 48.5 Å². The fraction of sp³-hybridized carbons (Fsp3) is 0.391. The molecule has 1 aliphatic carbocycles. The lowest BCUT2D eigenvalue weighted by Gasteiger charge is -2.20. The van der Waals surface area contributed by atoms with E-state index in [0.717, 1.165) is 38.0 Å². The normalized spacial score (nSPS) is 13.4. The molecular weight excluding hydrogens is 350 g/mol. The lowest BCUT2D eigenvalue weighted by molar-refractivity contribution is -0.117. The summed E-state index contributed by atoms with van der Waals surface area (Å²) in [4.78, 5) is 26.9. The zero-order chi connectivity index (χ0) is 19.9. The van der Waals surface area contributed by atoms with E-state index in [1.165, 1.54) is 5.56 Å². The zero-order valence-electron chi connectivity index (χ0n) is 16.7. The van der Waals surface area contributed by atoms with Gasteiger partial charge in [-0.2, -0.15) is 0 Å². The molecule has 0 aromatic heterocycles. The fourth-order valence-electron chi connectivity index (χ4n) is 3.18. The van der Waals surface area contributed by atoms with E-state index in [1.807, 2.05) is 18.2 Å². The van der Waals surface area contributed by atoms with Gasteiger partial charge in [-0.25, -0.2) is 0 Å². The number of hydrogen-bond acceptors (Lipinski definition) is 3. The largest absolute Gasteiger partial charge is 0.348 e. The second kappa shape index (κ2) is 9.51. The molecule has 0 unspecified atom stereocenters. The van der Waals surface area contributed by atoms with E-state index >= 15 is 0 Å². The smallest absolute Gasteiger partial charge is 0.251 e. The first-order valence-electron chi connectivity index (χ1n) is 10.1. The summed E-state index contributed by atoms with van der Waals surface area (Å²) in [7, 11) is 0. The molecule has 0 saturated heterocycles. The van der Waals surface area contributed by atoms with Crippen LogP contribution in [0.3, 0.4) is 0 Å². The van der Waals surface area contributed by atoms with Gasteiger partial charge < -0.3 is 10.6 Å². The van der Waals surface area contributed by atoms with Crippen molar-refractivity contribution in [3.8, 4) is 0 Å². The summed E-state index contributed by atoms with van der Waals surface area (Å²) in [5.41, 5.74) is 3.58. The van der Waals surface area contributed by atoms with Gasteiger partial charge in [0.2, 0.25) is 5.91 Å². The monoisotopic (exact) mass is 379 g/mol. The Morgan fingerprint density at radius 1 is 1.00 bits per heavy atom. The van der Waals surface area contributed by atoms with Crippen molar-refractivity contribution in [3.05, 3.63) is 65.2 Å². The Balaban J connectivity index is 1.62. The molecule has 0 spiro atoms. The van der Waals surface area contributed by atoms with Crippen molar-refractivity contribution in [1.29, 1.82) is 0 Å².